The number of carbonyl (C=O) groups excluding carboxylic acids is 1. The van der Waals surface area contributed by atoms with E-state index in [1.165, 1.54) is 6.07 Å². The van der Waals surface area contributed by atoms with Gasteiger partial charge in [-0.15, -0.1) is 0 Å². The van der Waals surface area contributed by atoms with Crippen molar-refractivity contribution in [1.29, 1.82) is 0 Å². The summed E-state index contributed by atoms with van der Waals surface area (Å²) in [6.45, 7) is 8.77. The van der Waals surface area contributed by atoms with Crippen LogP contribution in [0.15, 0.2) is 47.6 Å². The first-order valence-electron chi connectivity index (χ1n) is 11.5. The molecule has 1 aliphatic heterocycles. The Morgan fingerprint density at radius 1 is 1.22 bits per heavy atom. The third-order valence-corrected chi connectivity index (χ3v) is 7.11. The fourth-order valence-electron chi connectivity index (χ4n) is 4.38. The van der Waals surface area contributed by atoms with Gasteiger partial charge in [0.2, 0.25) is 0 Å². The lowest BCUT2D eigenvalue weighted by Crippen LogP contribution is -2.41. The van der Waals surface area contributed by atoms with E-state index in [0.717, 1.165) is 23.5 Å². The van der Waals surface area contributed by atoms with Crippen molar-refractivity contribution in [1.82, 2.24) is 14.5 Å². The summed E-state index contributed by atoms with van der Waals surface area (Å²) in [5.74, 6) is -2.13. The van der Waals surface area contributed by atoms with E-state index < -0.39 is 32.0 Å². The van der Waals surface area contributed by atoms with E-state index in [4.69, 9.17) is 4.74 Å². The van der Waals surface area contributed by atoms with Crippen molar-refractivity contribution in [2.75, 3.05) is 19.3 Å². The normalized spacial score (nSPS) is 16.8. The average Bonchev–Trinajstić information content (AvgIpc) is 3.15. The Labute approximate surface area is 209 Å². The quantitative estimate of drug-likeness (QED) is 0.485. The number of hydrogen-bond acceptors (Lipinski definition) is 5. The fourth-order valence-corrected chi connectivity index (χ4v) is 5.22. The van der Waals surface area contributed by atoms with E-state index in [9.17, 15) is 22.0 Å². The van der Waals surface area contributed by atoms with Crippen molar-refractivity contribution in [3.8, 4) is 0 Å². The highest BCUT2D eigenvalue weighted by Crippen LogP contribution is 2.30. The maximum absolute atomic E-state index is 14.7. The largest absolute Gasteiger partial charge is 0.444 e. The molecule has 0 radical (unpaired) electrons. The fraction of sp³-hybridized carbons (Fsp3) is 0.385. The van der Waals surface area contributed by atoms with Crippen molar-refractivity contribution < 1.29 is 26.7 Å². The van der Waals surface area contributed by atoms with Crippen LogP contribution in [-0.4, -0.2) is 53.9 Å². The van der Waals surface area contributed by atoms with Gasteiger partial charge in [-0.1, -0.05) is 19.1 Å². The molecule has 4 rings (SSSR count). The van der Waals surface area contributed by atoms with Crippen molar-refractivity contribution >= 4 is 32.4 Å². The van der Waals surface area contributed by atoms with Gasteiger partial charge in [0.05, 0.1) is 17.8 Å². The molecule has 1 aliphatic rings. The van der Waals surface area contributed by atoms with Gasteiger partial charge in [0.15, 0.2) is 15.7 Å². The summed E-state index contributed by atoms with van der Waals surface area (Å²) in [4.78, 5) is 17.7. The van der Waals surface area contributed by atoms with E-state index in [-0.39, 0.29) is 29.5 Å². The lowest BCUT2D eigenvalue weighted by Gasteiger charge is -2.33. The van der Waals surface area contributed by atoms with Gasteiger partial charge < -0.3 is 14.2 Å². The predicted molar refractivity (Wildman–Crippen MR) is 133 cm³/mol. The van der Waals surface area contributed by atoms with Crippen LogP contribution in [0.3, 0.4) is 0 Å². The summed E-state index contributed by atoms with van der Waals surface area (Å²) in [5.41, 5.74) is 2.38. The molecule has 0 aliphatic carbocycles. The minimum absolute atomic E-state index is 0.0316. The molecule has 36 heavy (non-hydrogen) atoms. The zero-order chi connectivity index (χ0) is 26.4. The second-order valence-electron chi connectivity index (χ2n) is 10.1. The number of carbonyl (C=O) groups is 1. The van der Waals surface area contributed by atoms with Crippen LogP contribution in [0.5, 0.6) is 0 Å². The first-order chi connectivity index (χ1) is 16.7. The summed E-state index contributed by atoms with van der Waals surface area (Å²) in [7, 11) is -4.05. The summed E-state index contributed by atoms with van der Waals surface area (Å²) in [5, 5.41) is 0.0316. The van der Waals surface area contributed by atoms with Crippen LogP contribution in [-0.2, 0) is 21.1 Å². The van der Waals surface area contributed by atoms with Crippen molar-refractivity contribution in [2.24, 2.45) is 5.92 Å². The lowest BCUT2D eigenvalue weighted by molar-refractivity contribution is 0.0251. The molecule has 3 aromatic rings. The van der Waals surface area contributed by atoms with Gasteiger partial charge in [0.25, 0.3) is 0 Å². The van der Waals surface area contributed by atoms with Crippen molar-refractivity contribution in [3.05, 3.63) is 65.6 Å². The topological polar surface area (TPSA) is 81.5 Å². The first-order valence-corrected chi connectivity index (χ1v) is 13.4. The number of aromatic nitrogens is 2. The maximum atomic E-state index is 14.7. The number of rotatable bonds is 4. The number of pyridine rings is 1. The predicted octanol–water partition coefficient (Wildman–Crippen LogP) is 5.04. The third kappa shape index (κ3) is 5.28. The van der Waals surface area contributed by atoms with Gasteiger partial charge in [-0.05, 0) is 56.0 Å². The third-order valence-electron chi connectivity index (χ3n) is 5.99. The number of sulfone groups is 1. The van der Waals surface area contributed by atoms with Crippen LogP contribution < -0.4 is 0 Å². The molecule has 0 spiro atoms. The van der Waals surface area contributed by atoms with Crippen LogP contribution in [0.1, 0.15) is 39.0 Å². The summed E-state index contributed by atoms with van der Waals surface area (Å²) in [6.07, 6.45) is 5.76. The number of ether oxygens (including phenoxy) is 1. The van der Waals surface area contributed by atoms with E-state index >= 15 is 0 Å². The van der Waals surface area contributed by atoms with Crippen LogP contribution >= 0.6 is 0 Å². The number of nitrogens with zero attached hydrogens (tertiary/aromatic N) is 3. The van der Waals surface area contributed by atoms with Gasteiger partial charge in [-0.25, -0.2) is 22.0 Å². The smallest absolute Gasteiger partial charge is 0.410 e. The van der Waals surface area contributed by atoms with Crippen LogP contribution in [0.25, 0.3) is 16.5 Å². The van der Waals surface area contributed by atoms with E-state index in [2.05, 4.69) is 4.98 Å². The van der Waals surface area contributed by atoms with Crippen LogP contribution in [0.2, 0.25) is 0 Å². The highest BCUT2D eigenvalue weighted by Gasteiger charge is 2.28. The molecule has 7 nitrogen and oxygen atoms in total. The Hall–Kier alpha value is -3.27. The van der Waals surface area contributed by atoms with Crippen LogP contribution in [0, 0.1) is 17.6 Å². The lowest BCUT2D eigenvalue weighted by atomic mass is 9.91. The standard InChI is InChI=1S/C26H29F2N3O4S/c1-16-14-31(25(32)35-26(2,3)4)11-8-19(16)17-6-7-18(29-13-17)15-30-10-9-20-22(30)12-21(27)24(23(20)28)36(5,33)34/h6-10,12-13,16H,11,14-15H2,1-5H3. The molecule has 10 heteroatoms. The first kappa shape index (κ1) is 25.8. The van der Waals surface area contributed by atoms with E-state index in [1.807, 2.05) is 45.9 Å². The molecule has 192 valence electrons. The number of fused-ring (bicyclic) bond motifs is 1. The molecule has 1 aromatic carbocycles. The molecule has 2 aromatic heterocycles. The Kier molecular flexibility index (Phi) is 6.68. The number of hydrogen-bond donors (Lipinski definition) is 0. The molecule has 0 fully saturated rings. The summed E-state index contributed by atoms with van der Waals surface area (Å²) >= 11 is 0. The molecule has 0 saturated heterocycles. The van der Waals surface area contributed by atoms with Gasteiger partial charge in [-0.3, -0.25) is 4.98 Å². The zero-order valence-electron chi connectivity index (χ0n) is 20.9. The highest BCUT2D eigenvalue weighted by atomic mass is 32.2. The van der Waals surface area contributed by atoms with Crippen LogP contribution in [0.4, 0.5) is 13.6 Å². The second kappa shape index (κ2) is 9.31. The molecule has 0 N–H and O–H groups in total. The molecule has 1 unspecified atom stereocenters. The highest BCUT2D eigenvalue weighted by molar-refractivity contribution is 7.90. The number of halogens is 2. The molecular formula is C26H29F2N3O4S. The van der Waals surface area contributed by atoms with Gasteiger partial charge >= 0.3 is 6.09 Å². The SMILES string of the molecule is CC1CN(C(=O)OC(C)(C)C)CC=C1c1ccc(Cn2ccc3c(F)c(S(C)(=O)=O)c(F)cc32)nc1. The van der Waals surface area contributed by atoms with Crippen molar-refractivity contribution in [3.63, 3.8) is 0 Å². The minimum atomic E-state index is -4.05. The number of amides is 1. The molecular weight excluding hydrogens is 488 g/mol. The summed E-state index contributed by atoms with van der Waals surface area (Å²) in [6, 6.07) is 6.24. The zero-order valence-corrected chi connectivity index (χ0v) is 21.7. The van der Waals surface area contributed by atoms with E-state index in [1.54, 1.807) is 21.9 Å². The molecule has 0 saturated carbocycles. The molecule has 1 atom stereocenters. The number of benzene rings is 1. The van der Waals surface area contributed by atoms with Gasteiger partial charge in [0, 0.05) is 37.1 Å². The Morgan fingerprint density at radius 3 is 2.53 bits per heavy atom. The summed E-state index contributed by atoms with van der Waals surface area (Å²) < 4.78 is 59.8. The van der Waals surface area contributed by atoms with Gasteiger partial charge in [-0.2, -0.15) is 0 Å². The molecule has 0 bridgehead atoms. The Morgan fingerprint density at radius 2 is 1.94 bits per heavy atom. The minimum Gasteiger partial charge on any atom is -0.444 e. The monoisotopic (exact) mass is 517 g/mol. The maximum Gasteiger partial charge on any atom is 0.410 e. The molecule has 3 heterocycles. The Bertz CT molecular complexity index is 1460. The van der Waals surface area contributed by atoms with Gasteiger partial charge in [0.1, 0.15) is 16.3 Å². The van der Waals surface area contributed by atoms with E-state index in [0.29, 0.717) is 18.8 Å². The second-order valence-corrected chi connectivity index (χ2v) is 12.1. The Balaban J connectivity index is 1.52. The van der Waals surface area contributed by atoms with Crippen molar-refractivity contribution in [2.45, 2.75) is 44.7 Å². The average molecular weight is 518 g/mol. The molecule has 1 amide bonds.